The molecule has 18 heavy (non-hydrogen) atoms. The van der Waals surface area contributed by atoms with Crippen LogP contribution in [-0.2, 0) is 13.1 Å². The number of nitrogens with one attached hydrogen (secondary N) is 1. The zero-order chi connectivity index (χ0) is 13.8. The molecule has 4 nitrogen and oxygen atoms in total. The highest BCUT2D eigenvalue weighted by molar-refractivity contribution is 7.99. The Morgan fingerprint density at radius 2 is 2.06 bits per heavy atom. The van der Waals surface area contributed by atoms with Gasteiger partial charge in [0.05, 0.1) is 18.8 Å². The fraction of sp³-hybridized carbons (Fsp3) is 0.769. The molecule has 0 bridgehead atoms. The highest BCUT2D eigenvalue weighted by Gasteiger charge is 2.16. The van der Waals surface area contributed by atoms with Crippen LogP contribution < -0.4 is 5.32 Å². The molecule has 5 heteroatoms. The van der Waals surface area contributed by atoms with Crippen molar-refractivity contribution in [3.05, 3.63) is 17.0 Å². The van der Waals surface area contributed by atoms with Gasteiger partial charge in [0.25, 0.3) is 0 Å². The van der Waals surface area contributed by atoms with E-state index >= 15 is 0 Å². The van der Waals surface area contributed by atoms with Gasteiger partial charge in [-0.3, -0.25) is 4.68 Å². The normalized spacial score (nSPS) is 12.1. The molecule has 0 radical (unpaired) electrons. The number of aliphatic hydroxyl groups excluding tert-OH is 1. The van der Waals surface area contributed by atoms with Crippen molar-refractivity contribution in [2.75, 3.05) is 19.4 Å². The Balaban J connectivity index is 2.62. The van der Waals surface area contributed by atoms with Crippen LogP contribution in [0, 0.1) is 13.8 Å². The molecule has 0 unspecified atom stereocenters. The number of hydrogen-bond acceptors (Lipinski definition) is 4. The fourth-order valence-electron chi connectivity index (χ4n) is 1.86. The molecular formula is C13H25N3OS. The molecular weight excluding hydrogens is 246 g/mol. The predicted octanol–water partition coefficient (Wildman–Crippen LogP) is 1.72. The van der Waals surface area contributed by atoms with Gasteiger partial charge >= 0.3 is 0 Å². The van der Waals surface area contributed by atoms with Crippen LogP contribution in [0.3, 0.4) is 0 Å². The summed E-state index contributed by atoms with van der Waals surface area (Å²) in [5.41, 5.74) is 3.45. The standard InChI is InChI=1S/C13H25N3OS/c1-10-12(8-14-9-13(3,4)18-5)11(2)16(15-10)6-7-17/h14,17H,6-9H2,1-5H3. The van der Waals surface area contributed by atoms with E-state index in [9.17, 15) is 0 Å². The van der Waals surface area contributed by atoms with E-state index in [2.05, 4.69) is 37.4 Å². The quantitative estimate of drug-likeness (QED) is 0.793. The molecule has 1 aromatic rings. The lowest BCUT2D eigenvalue weighted by atomic mass is 10.1. The van der Waals surface area contributed by atoms with Crippen molar-refractivity contribution in [1.82, 2.24) is 15.1 Å². The van der Waals surface area contributed by atoms with E-state index in [1.165, 1.54) is 5.56 Å². The third kappa shape index (κ3) is 4.00. The van der Waals surface area contributed by atoms with Crippen LogP contribution in [0.15, 0.2) is 0 Å². The Bertz CT molecular complexity index is 388. The first-order valence-corrected chi connectivity index (χ1v) is 7.53. The number of thioether (sulfide) groups is 1. The molecule has 0 spiro atoms. The Morgan fingerprint density at radius 1 is 1.39 bits per heavy atom. The molecule has 0 saturated carbocycles. The third-order valence-electron chi connectivity index (χ3n) is 3.25. The van der Waals surface area contributed by atoms with Gasteiger partial charge in [0.2, 0.25) is 0 Å². The zero-order valence-corrected chi connectivity index (χ0v) is 12.9. The van der Waals surface area contributed by atoms with E-state index in [0.717, 1.165) is 24.5 Å². The number of rotatable bonds is 7. The number of hydrogen-bond donors (Lipinski definition) is 2. The Labute approximate surface area is 114 Å². The van der Waals surface area contributed by atoms with Crippen molar-refractivity contribution >= 4 is 11.8 Å². The van der Waals surface area contributed by atoms with E-state index in [-0.39, 0.29) is 11.4 Å². The van der Waals surface area contributed by atoms with Crippen LogP contribution in [0.25, 0.3) is 0 Å². The first-order valence-electron chi connectivity index (χ1n) is 6.31. The maximum absolute atomic E-state index is 8.98. The summed E-state index contributed by atoms with van der Waals surface area (Å²) < 4.78 is 2.13. The van der Waals surface area contributed by atoms with Gasteiger partial charge in [-0.15, -0.1) is 0 Å². The molecule has 1 heterocycles. The molecule has 0 aliphatic heterocycles. The molecule has 0 aliphatic carbocycles. The maximum atomic E-state index is 8.98. The summed E-state index contributed by atoms with van der Waals surface area (Å²) >= 11 is 1.87. The van der Waals surface area contributed by atoms with Crippen LogP contribution in [0.5, 0.6) is 0 Å². The smallest absolute Gasteiger partial charge is 0.0644 e. The Kier molecular flexibility index (Phi) is 5.69. The highest BCUT2D eigenvalue weighted by Crippen LogP contribution is 2.20. The second kappa shape index (κ2) is 6.59. The zero-order valence-electron chi connectivity index (χ0n) is 12.1. The van der Waals surface area contributed by atoms with Crippen molar-refractivity contribution < 1.29 is 5.11 Å². The first kappa shape index (κ1) is 15.5. The predicted molar refractivity (Wildman–Crippen MR) is 78.1 cm³/mol. The van der Waals surface area contributed by atoms with Gasteiger partial charge in [-0.25, -0.2) is 0 Å². The van der Waals surface area contributed by atoms with Gasteiger partial charge in [-0.05, 0) is 34.0 Å². The minimum absolute atomic E-state index is 0.133. The maximum Gasteiger partial charge on any atom is 0.0644 e. The summed E-state index contributed by atoms with van der Waals surface area (Å²) in [7, 11) is 0. The van der Waals surface area contributed by atoms with Gasteiger partial charge in [-0.1, -0.05) is 0 Å². The Morgan fingerprint density at radius 3 is 2.61 bits per heavy atom. The Hall–Kier alpha value is -0.520. The molecule has 0 amide bonds. The van der Waals surface area contributed by atoms with E-state index in [1.54, 1.807) is 0 Å². The summed E-state index contributed by atoms with van der Waals surface area (Å²) in [6, 6.07) is 0. The lowest BCUT2D eigenvalue weighted by Gasteiger charge is -2.22. The monoisotopic (exact) mass is 271 g/mol. The summed E-state index contributed by atoms with van der Waals surface area (Å²) in [5, 5.41) is 16.9. The molecule has 0 aromatic carbocycles. The molecule has 0 saturated heterocycles. The lowest BCUT2D eigenvalue weighted by molar-refractivity contribution is 0.267. The number of aliphatic hydroxyl groups is 1. The van der Waals surface area contributed by atoms with Crippen LogP contribution in [0.1, 0.15) is 30.8 Å². The highest BCUT2D eigenvalue weighted by atomic mass is 32.2. The van der Waals surface area contributed by atoms with Gasteiger partial charge in [-0.2, -0.15) is 16.9 Å². The van der Waals surface area contributed by atoms with E-state index < -0.39 is 0 Å². The van der Waals surface area contributed by atoms with Crippen molar-refractivity contribution in [2.24, 2.45) is 0 Å². The second-order valence-electron chi connectivity index (χ2n) is 5.16. The van der Waals surface area contributed by atoms with E-state index in [4.69, 9.17) is 5.11 Å². The molecule has 1 aromatic heterocycles. The molecule has 104 valence electrons. The summed E-state index contributed by atoms with van der Waals surface area (Å²) in [5.74, 6) is 0. The molecule has 1 rings (SSSR count). The number of aryl methyl sites for hydroxylation is 1. The molecule has 0 aliphatic rings. The van der Waals surface area contributed by atoms with E-state index in [1.807, 2.05) is 23.4 Å². The number of aromatic nitrogens is 2. The third-order valence-corrected chi connectivity index (χ3v) is 4.50. The average Bonchev–Trinajstić information content (AvgIpc) is 2.57. The fourth-order valence-corrected chi connectivity index (χ4v) is 2.11. The number of nitrogens with zero attached hydrogens (tertiary/aromatic N) is 2. The van der Waals surface area contributed by atoms with Crippen LogP contribution in [0.2, 0.25) is 0 Å². The lowest BCUT2D eigenvalue weighted by Crippen LogP contribution is -2.31. The van der Waals surface area contributed by atoms with Crippen LogP contribution in [-0.4, -0.2) is 39.0 Å². The second-order valence-corrected chi connectivity index (χ2v) is 6.68. The molecule has 0 fully saturated rings. The van der Waals surface area contributed by atoms with Crippen molar-refractivity contribution in [3.63, 3.8) is 0 Å². The van der Waals surface area contributed by atoms with Crippen molar-refractivity contribution in [3.8, 4) is 0 Å². The van der Waals surface area contributed by atoms with Gasteiger partial charge in [0.1, 0.15) is 0 Å². The topological polar surface area (TPSA) is 50.1 Å². The van der Waals surface area contributed by atoms with Gasteiger partial charge in [0.15, 0.2) is 0 Å². The minimum atomic E-state index is 0.133. The van der Waals surface area contributed by atoms with E-state index in [0.29, 0.717) is 6.54 Å². The van der Waals surface area contributed by atoms with Gasteiger partial charge in [0, 0.05) is 29.1 Å². The SMILES string of the molecule is CSC(C)(C)CNCc1c(C)nn(CCO)c1C. The van der Waals surface area contributed by atoms with Crippen LogP contribution >= 0.6 is 11.8 Å². The summed E-state index contributed by atoms with van der Waals surface area (Å²) in [6.07, 6.45) is 2.14. The minimum Gasteiger partial charge on any atom is -0.394 e. The molecule has 0 atom stereocenters. The van der Waals surface area contributed by atoms with Crippen molar-refractivity contribution in [2.45, 2.75) is 45.5 Å². The van der Waals surface area contributed by atoms with Crippen LogP contribution in [0.4, 0.5) is 0 Å². The molecule has 2 N–H and O–H groups in total. The van der Waals surface area contributed by atoms with Gasteiger partial charge < -0.3 is 10.4 Å². The first-order chi connectivity index (χ1) is 8.41. The summed E-state index contributed by atoms with van der Waals surface area (Å²) in [4.78, 5) is 0. The summed E-state index contributed by atoms with van der Waals surface area (Å²) in [6.45, 7) is 11.1. The average molecular weight is 271 g/mol. The largest absolute Gasteiger partial charge is 0.394 e. The van der Waals surface area contributed by atoms with Crippen molar-refractivity contribution in [1.29, 1.82) is 0 Å².